The van der Waals surface area contributed by atoms with Crippen molar-refractivity contribution in [3.8, 4) is 0 Å². The predicted molar refractivity (Wildman–Crippen MR) is 44.0 cm³/mol. The lowest BCUT2D eigenvalue weighted by Gasteiger charge is -1.99. The molecule has 0 radical (unpaired) electrons. The Morgan fingerprint density at radius 2 is 2.00 bits per heavy atom. The zero-order chi connectivity index (χ0) is 7.98. The van der Waals surface area contributed by atoms with Crippen molar-refractivity contribution in [2.75, 3.05) is 0 Å². The van der Waals surface area contributed by atoms with Crippen LogP contribution < -0.4 is 0 Å². The van der Waals surface area contributed by atoms with Crippen molar-refractivity contribution in [1.82, 2.24) is 0 Å². The van der Waals surface area contributed by atoms with Crippen LogP contribution in [-0.2, 0) is 4.79 Å². The summed E-state index contributed by atoms with van der Waals surface area (Å²) < 4.78 is 0. The van der Waals surface area contributed by atoms with Gasteiger partial charge in [0.25, 0.3) is 0 Å². The van der Waals surface area contributed by atoms with E-state index in [2.05, 4.69) is 0 Å². The van der Waals surface area contributed by atoms with E-state index in [1.807, 2.05) is 26.8 Å². The van der Waals surface area contributed by atoms with Crippen molar-refractivity contribution in [2.45, 2.75) is 40.0 Å². The minimum absolute atomic E-state index is 0.313. The molecule has 0 aliphatic rings. The van der Waals surface area contributed by atoms with Crippen molar-refractivity contribution in [3.63, 3.8) is 0 Å². The third-order valence-electron chi connectivity index (χ3n) is 1.56. The van der Waals surface area contributed by atoms with Gasteiger partial charge in [-0.1, -0.05) is 19.9 Å². The molecular weight excluding hydrogens is 124 g/mol. The number of rotatable bonds is 4. The average molecular weight is 140 g/mol. The van der Waals surface area contributed by atoms with Gasteiger partial charge in [0.05, 0.1) is 0 Å². The van der Waals surface area contributed by atoms with Crippen LogP contribution in [0.1, 0.15) is 40.0 Å². The minimum atomic E-state index is 0.313. The molecule has 0 unspecified atom stereocenters. The van der Waals surface area contributed by atoms with Crippen LogP contribution in [0, 0.1) is 0 Å². The van der Waals surface area contributed by atoms with E-state index in [0.29, 0.717) is 12.2 Å². The maximum Gasteiger partial charge on any atom is 0.158 e. The smallest absolute Gasteiger partial charge is 0.158 e. The molecule has 1 heteroatoms. The van der Waals surface area contributed by atoms with Gasteiger partial charge in [-0.2, -0.15) is 0 Å². The van der Waals surface area contributed by atoms with E-state index in [1.54, 1.807) is 0 Å². The molecule has 0 saturated carbocycles. The second-order valence-electron chi connectivity index (χ2n) is 2.34. The quantitative estimate of drug-likeness (QED) is 0.549. The van der Waals surface area contributed by atoms with E-state index in [-0.39, 0.29) is 0 Å². The molecule has 0 aromatic rings. The first-order chi connectivity index (χ1) is 4.76. The van der Waals surface area contributed by atoms with E-state index in [0.717, 1.165) is 18.4 Å². The van der Waals surface area contributed by atoms with Gasteiger partial charge in [-0.25, -0.2) is 0 Å². The van der Waals surface area contributed by atoms with E-state index in [4.69, 9.17) is 0 Å². The molecule has 0 aliphatic heterocycles. The Hall–Kier alpha value is -0.590. The fraction of sp³-hybridized carbons (Fsp3) is 0.667. The van der Waals surface area contributed by atoms with Gasteiger partial charge in [0, 0.05) is 6.42 Å². The summed E-state index contributed by atoms with van der Waals surface area (Å²) in [6.45, 7) is 5.97. The molecule has 0 spiro atoms. The summed E-state index contributed by atoms with van der Waals surface area (Å²) in [6.07, 6.45) is 4.44. The maximum absolute atomic E-state index is 11.1. The molecule has 0 fully saturated rings. The molecule has 0 heterocycles. The van der Waals surface area contributed by atoms with Crippen molar-refractivity contribution >= 4 is 5.78 Å². The van der Waals surface area contributed by atoms with Crippen LogP contribution in [0.3, 0.4) is 0 Å². The Morgan fingerprint density at radius 1 is 1.40 bits per heavy atom. The summed E-state index contributed by atoms with van der Waals surface area (Å²) in [4.78, 5) is 11.1. The normalized spacial score (nSPS) is 11.7. The summed E-state index contributed by atoms with van der Waals surface area (Å²) in [5.41, 5.74) is 0.974. The van der Waals surface area contributed by atoms with Crippen LogP contribution in [0.5, 0.6) is 0 Å². The van der Waals surface area contributed by atoms with Gasteiger partial charge in [-0.15, -0.1) is 0 Å². The second kappa shape index (κ2) is 5.21. The molecule has 0 amide bonds. The SMILES string of the molecule is CC=C(CC)C(=O)CCC. The lowest BCUT2D eigenvalue weighted by molar-refractivity contribution is -0.115. The molecular formula is C9H16O. The lowest BCUT2D eigenvalue weighted by atomic mass is 10.1. The van der Waals surface area contributed by atoms with Gasteiger partial charge in [0.2, 0.25) is 0 Å². The van der Waals surface area contributed by atoms with Gasteiger partial charge in [0.15, 0.2) is 5.78 Å². The topological polar surface area (TPSA) is 17.1 Å². The fourth-order valence-corrected chi connectivity index (χ4v) is 0.950. The molecule has 0 N–H and O–H groups in total. The number of hydrogen-bond donors (Lipinski definition) is 0. The highest BCUT2D eigenvalue weighted by Crippen LogP contribution is 2.05. The van der Waals surface area contributed by atoms with Crippen molar-refractivity contribution in [3.05, 3.63) is 11.6 Å². The van der Waals surface area contributed by atoms with Crippen LogP contribution in [-0.4, -0.2) is 5.78 Å². The first-order valence-electron chi connectivity index (χ1n) is 3.94. The number of carbonyl (C=O) groups is 1. The van der Waals surface area contributed by atoms with E-state index < -0.39 is 0 Å². The average Bonchev–Trinajstić information content (AvgIpc) is 1.91. The maximum atomic E-state index is 11.1. The zero-order valence-electron chi connectivity index (χ0n) is 7.11. The van der Waals surface area contributed by atoms with Gasteiger partial charge in [-0.05, 0) is 25.3 Å². The highest BCUT2D eigenvalue weighted by atomic mass is 16.1. The summed E-state index contributed by atoms with van der Waals surface area (Å²) in [7, 11) is 0. The summed E-state index contributed by atoms with van der Waals surface area (Å²) in [5, 5.41) is 0. The summed E-state index contributed by atoms with van der Waals surface area (Å²) in [5.74, 6) is 0.313. The van der Waals surface area contributed by atoms with Crippen LogP contribution >= 0.6 is 0 Å². The van der Waals surface area contributed by atoms with Gasteiger partial charge >= 0.3 is 0 Å². The number of Topliss-reactive ketones (excluding diaryl/α,β-unsaturated/α-hetero) is 1. The van der Waals surface area contributed by atoms with Crippen molar-refractivity contribution < 1.29 is 4.79 Å². The third kappa shape index (κ3) is 2.81. The molecule has 10 heavy (non-hydrogen) atoms. The van der Waals surface area contributed by atoms with Crippen LogP contribution in [0.2, 0.25) is 0 Å². The number of allylic oxidation sites excluding steroid dienone is 2. The molecule has 0 aromatic carbocycles. The number of hydrogen-bond acceptors (Lipinski definition) is 1. The Bertz CT molecular complexity index is 134. The first-order valence-corrected chi connectivity index (χ1v) is 3.94. The molecule has 58 valence electrons. The molecule has 0 bridgehead atoms. The van der Waals surface area contributed by atoms with Gasteiger partial charge < -0.3 is 0 Å². The number of carbonyl (C=O) groups excluding carboxylic acids is 1. The fourth-order valence-electron chi connectivity index (χ4n) is 0.950. The second-order valence-corrected chi connectivity index (χ2v) is 2.34. The highest BCUT2D eigenvalue weighted by molar-refractivity contribution is 5.95. The molecule has 0 rings (SSSR count). The molecule has 0 aromatic heterocycles. The Labute approximate surface area is 63.1 Å². The predicted octanol–water partition coefficient (Wildman–Crippen LogP) is 2.71. The Balaban J connectivity index is 3.91. The number of ketones is 1. The standard InChI is InChI=1S/C9H16O/c1-4-7-9(10)8(5-2)6-3/h5H,4,6-7H2,1-3H3. The molecule has 0 aliphatic carbocycles. The highest BCUT2D eigenvalue weighted by Gasteiger charge is 2.03. The van der Waals surface area contributed by atoms with Crippen molar-refractivity contribution in [2.24, 2.45) is 0 Å². The van der Waals surface area contributed by atoms with E-state index in [9.17, 15) is 4.79 Å². The largest absolute Gasteiger partial charge is 0.295 e. The lowest BCUT2D eigenvalue weighted by Crippen LogP contribution is -1.99. The third-order valence-corrected chi connectivity index (χ3v) is 1.56. The monoisotopic (exact) mass is 140 g/mol. The summed E-state index contributed by atoms with van der Waals surface area (Å²) >= 11 is 0. The van der Waals surface area contributed by atoms with Gasteiger partial charge in [0.1, 0.15) is 0 Å². The minimum Gasteiger partial charge on any atom is -0.295 e. The Kier molecular flexibility index (Phi) is 4.91. The van der Waals surface area contributed by atoms with Crippen LogP contribution in [0.25, 0.3) is 0 Å². The van der Waals surface area contributed by atoms with Crippen LogP contribution in [0.15, 0.2) is 11.6 Å². The van der Waals surface area contributed by atoms with E-state index >= 15 is 0 Å². The Morgan fingerprint density at radius 3 is 2.30 bits per heavy atom. The molecule has 0 saturated heterocycles. The molecule has 0 atom stereocenters. The zero-order valence-corrected chi connectivity index (χ0v) is 7.11. The first kappa shape index (κ1) is 9.41. The van der Waals surface area contributed by atoms with Crippen LogP contribution in [0.4, 0.5) is 0 Å². The molecule has 1 nitrogen and oxygen atoms in total. The van der Waals surface area contributed by atoms with Crippen molar-refractivity contribution in [1.29, 1.82) is 0 Å². The summed E-state index contributed by atoms with van der Waals surface area (Å²) in [6, 6.07) is 0. The van der Waals surface area contributed by atoms with E-state index in [1.165, 1.54) is 0 Å². The van der Waals surface area contributed by atoms with Gasteiger partial charge in [-0.3, -0.25) is 4.79 Å².